The molecule has 0 saturated heterocycles. The maximum Gasteiger partial charge on any atom is 0.121 e. The van der Waals surface area contributed by atoms with Crippen molar-refractivity contribution in [2.24, 2.45) is 0 Å². The fourth-order valence-corrected chi connectivity index (χ4v) is 0.576. The molecule has 0 aromatic carbocycles. The molecule has 0 aliphatic carbocycles. The highest BCUT2D eigenvalue weighted by Crippen LogP contribution is 2.07. The monoisotopic (exact) mass is 138 g/mol. The van der Waals surface area contributed by atoms with Gasteiger partial charge in [-0.1, -0.05) is 19.2 Å². The van der Waals surface area contributed by atoms with Crippen LogP contribution in [0.3, 0.4) is 0 Å². The van der Waals surface area contributed by atoms with Crippen molar-refractivity contribution in [2.75, 3.05) is 6.61 Å². The molecular formula is C9H14O. The zero-order chi connectivity index (χ0) is 7.98. The third-order valence-electron chi connectivity index (χ3n) is 0.990. The lowest BCUT2D eigenvalue weighted by Crippen LogP contribution is -1.91. The lowest BCUT2D eigenvalue weighted by molar-refractivity contribution is 0.238. The van der Waals surface area contributed by atoms with Gasteiger partial charge in [-0.25, -0.2) is 0 Å². The molecule has 56 valence electrons. The van der Waals surface area contributed by atoms with Crippen molar-refractivity contribution in [1.82, 2.24) is 0 Å². The van der Waals surface area contributed by atoms with Crippen molar-refractivity contribution in [2.45, 2.75) is 13.8 Å². The Bertz CT molecular complexity index is 154. The van der Waals surface area contributed by atoms with E-state index >= 15 is 0 Å². The Morgan fingerprint density at radius 2 is 2.20 bits per heavy atom. The summed E-state index contributed by atoms with van der Waals surface area (Å²) in [6.07, 6.45) is 3.51. The summed E-state index contributed by atoms with van der Waals surface area (Å²) in [5, 5.41) is 0. The van der Waals surface area contributed by atoms with Crippen LogP contribution in [0.25, 0.3) is 0 Å². The highest BCUT2D eigenvalue weighted by Gasteiger charge is 1.93. The van der Waals surface area contributed by atoms with Gasteiger partial charge in [-0.3, -0.25) is 0 Å². The molecule has 0 N–H and O–H groups in total. The van der Waals surface area contributed by atoms with E-state index in [1.54, 1.807) is 6.08 Å². The molecule has 10 heavy (non-hydrogen) atoms. The summed E-state index contributed by atoms with van der Waals surface area (Å²) in [6, 6.07) is 0. The number of ether oxygens (including phenoxy) is 1. The van der Waals surface area contributed by atoms with Crippen LogP contribution >= 0.6 is 0 Å². The van der Waals surface area contributed by atoms with Gasteiger partial charge in [-0.2, -0.15) is 0 Å². The lowest BCUT2D eigenvalue weighted by atomic mass is 10.3. The molecule has 0 aliphatic rings. The summed E-state index contributed by atoms with van der Waals surface area (Å²) < 4.78 is 5.23. The molecule has 0 aliphatic heterocycles. The standard InChI is InChI=1S/C9H14O/c1-5-7-9(8(3)4)10-6-2/h5,7H,1,3,6H2,2,4H3/b9-7+. The van der Waals surface area contributed by atoms with Crippen LogP contribution in [0.5, 0.6) is 0 Å². The van der Waals surface area contributed by atoms with E-state index in [9.17, 15) is 0 Å². The number of rotatable bonds is 4. The number of hydrogen-bond donors (Lipinski definition) is 0. The summed E-state index contributed by atoms with van der Waals surface area (Å²) in [5.41, 5.74) is 0.932. The van der Waals surface area contributed by atoms with Crippen LogP contribution in [0.4, 0.5) is 0 Å². The predicted molar refractivity (Wildman–Crippen MR) is 44.7 cm³/mol. The van der Waals surface area contributed by atoms with Gasteiger partial charge in [-0.05, 0) is 25.5 Å². The average molecular weight is 138 g/mol. The Balaban J connectivity index is 4.11. The first-order valence-electron chi connectivity index (χ1n) is 3.33. The second kappa shape index (κ2) is 4.86. The van der Waals surface area contributed by atoms with Gasteiger partial charge in [0, 0.05) is 0 Å². The van der Waals surface area contributed by atoms with Crippen LogP contribution in [0, 0.1) is 0 Å². The molecule has 0 amide bonds. The summed E-state index contributed by atoms with van der Waals surface area (Å²) in [7, 11) is 0. The molecule has 0 rings (SSSR count). The third kappa shape index (κ3) is 3.13. The van der Waals surface area contributed by atoms with Crippen molar-refractivity contribution in [3.8, 4) is 0 Å². The molecule has 0 heterocycles. The second-order valence-corrected chi connectivity index (χ2v) is 1.98. The van der Waals surface area contributed by atoms with E-state index in [2.05, 4.69) is 13.2 Å². The first-order chi connectivity index (χ1) is 4.72. The third-order valence-corrected chi connectivity index (χ3v) is 0.990. The smallest absolute Gasteiger partial charge is 0.121 e. The van der Waals surface area contributed by atoms with E-state index in [0.717, 1.165) is 11.3 Å². The molecule has 0 unspecified atom stereocenters. The van der Waals surface area contributed by atoms with Gasteiger partial charge in [0.05, 0.1) is 6.61 Å². The molecule has 0 fully saturated rings. The SMILES string of the molecule is C=C/C=C(/OCC)C(=C)C. The molecule has 0 aromatic rings. The van der Waals surface area contributed by atoms with Crippen molar-refractivity contribution in [1.29, 1.82) is 0 Å². The maximum absolute atomic E-state index is 5.23. The first-order valence-corrected chi connectivity index (χ1v) is 3.33. The van der Waals surface area contributed by atoms with Crippen LogP contribution in [0.2, 0.25) is 0 Å². The summed E-state index contributed by atoms with van der Waals surface area (Å²) in [6.45, 7) is 11.8. The molecule has 0 radical (unpaired) electrons. The predicted octanol–water partition coefficient (Wildman–Crippen LogP) is 2.67. The van der Waals surface area contributed by atoms with Gasteiger partial charge in [0.15, 0.2) is 0 Å². The van der Waals surface area contributed by atoms with Crippen molar-refractivity contribution < 1.29 is 4.74 Å². The van der Waals surface area contributed by atoms with Gasteiger partial charge < -0.3 is 4.74 Å². The van der Waals surface area contributed by atoms with Crippen LogP contribution in [0.1, 0.15) is 13.8 Å². The first kappa shape index (κ1) is 9.02. The lowest BCUT2D eigenvalue weighted by Gasteiger charge is -2.05. The second-order valence-electron chi connectivity index (χ2n) is 1.98. The maximum atomic E-state index is 5.23. The minimum Gasteiger partial charge on any atom is -0.494 e. The minimum atomic E-state index is 0.673. The molecule has 1 heteroatoms. The fraction of sp³-hybridized carbons (Fsp3) is 0.333. The van der Waals surface area contributed by atoms with Crippen molar-refractivity contribution in [3.63, 3.8) is 0 Å². The molecule has 0 aromatic heterocycles. The van der Waals surface area contributed by atoms with E-state index in [0.29, 0.717) is 6.61 Å². The highest BCUT2D eigenvalue weighted by atomic mass is 16.5. The molecular weight excluding hydrogens is 124 g/mol. The summed E-state index contributed by atoms with van der Waals surface area (Å²) in [4.78, 5) is 0. The minimum absolute atomic E-state index is 0.673. The zero-order valence-corrected chi connectivity index (χ0v) is 6.68. The fourth-order valence-electron chi connectivity index (χ4n) is 0.576. The molecule has 0 atom stereocenters. The van der Waals surface area contributed by atoms with E-state index in [4.69, 9.17) is 4.74 Å². The van der Waals surface area contributed by atoms with Crippen molar-refractivity contribution in [3.05, 3.63) is 36.6 Å². The Kier molecular flexibility index (Phi) is 4.38. The van der Waals surface area contributed by atoms with Crippen LogP contribution in [-0.2, 0) is 4.74 Å². The Morgan fingerprint density at radius 3 is 2.50 bits per heavy atom. The number of allylic oxidation sites excluding steroid dienone is 3. The zero-order valence-electron chi connectivity index (χ0n) is 6.68. The van der Waals surface area contributed by atoms with Gasteiger partial charge in [0.2, 0.25) is 0 Å². The Hall–Kier alpha value is -0.980. The largest absolute Gasteiger partial charge is 0.494 e. The van der Waals surface area contributed by atoms with Gasteiger partial charge in [0.25, 0.3) is 0 Å². The van der Waals surface area contributed by atoms with Crippen LogP contribution in [-0.4, -0.2) is 6.61 Å². The normalized spacial score (nSPS) is 10.8. The average Bonchev–Trinajstić information content (AvgIpc) is 1.87. The van der Waals surface area contributed by atoms with E-state index in [-0.39, 0.29) is 0 Å². The van der Waals surface area contributed by atoms with Gasteiger partial charge in [-0.15, -0.1) is 0 Å². The van der Waals surface area contributed by atoms with Crippen molar-refractivity contribution >= 4 is 0 Å². The van der Waals surface area contributed by atoms with E-state index in [1.165, 1.54) is 0 Å². The Morgan fingerprint density at radius 1 is 1.60 bits per heavy atom. The van der Waals surface area contributed by atoms with E-state index in [1.807, 2.05) is 19.9 Å². The molecule has 0 bridgehead atoms. The number of hydrogen-bond acceptors (Lipinski definition) is 1. The quantitative estimate of drug-likeness (QED) is 0.428. The van der Waals surface area contributed by atoms with E-state index < -0.39 is 0 Å². The Labute approximate surface area is 62.7 Å². The van der Waals surface area contributed by atoms with Gasteiger partial charge in [0.1, 0.15) is 5.76 Å². The van der Waals surface area contributed by atoms with Gasteiger partial charge >= 0.3 is 0 Å². The molecule has 0 spiro atoms. The van der Waals surface area contributed by atoms with Crippen LogP contribution in [0.15, 0.2) is 36.6 Å². The summed E-state index contributed by atoms with van der Waals surface area (Å²) in [5.74, 6) is 0.817. The van der Waals surface area contributed by atoms with Crippen LogP contribution < -0.4 is 0 Å². The highest BCUT2D eigenvalue weighted by molar-refractivity contribution is 5.23. The molecule has 0 saturated carbocycles. The topological polar surface area (TPSA) is 9.23 Å². The summed E-state index contributed by atoms with van der Waals surface area (Å²) >= 11 is 0. The molecule has 1 nitrogen and oxygen atoms in total.